The minimum Gasteiger partial charge on any atom is -0.274 e. The molecule has 24 heavy (non-hydrogen) atoms. The zero-order chi connectivity index (χ0) is 17.0. The maximum Gasteiger partial charge on any atom is 0.246 e. The molecule has 0 amide bonds. The number of nitrogens with zero attached hydrogens (tertiary/aromatic N) is 4. The zero-order valence-electron chi connectivity index (χ0n) is 14.0. The van der Waals surface area contributed by atoms with E-state index >= 15 is 0 Å². The second-order valence-electron chi connectivity index (χ2n) is 6.51. The number of pyridine rings is 1. The molecule has 0 unspecified atom stereocenters. The van der Waals surface area contributed by atoms with Crippen molar-refractivity contribution in [3.63, 3.8) is 0 Å². The van der Waals surface area contributed by atoms with Gasteiger partial charge in [-0.1, -0.05) is 19.3 Å². The van der Waals surface area contributed by atoms with E-state index in [1.807, 2.05) is 12.1 Å². The molecule has 0 saturated heterocycles. The summed E-state index contributed by atoms with van der Waals surface area (Å²) in [6.45, 7) is 0.940. The lowest BCUT2D eigenvalue weighted by Crippen LogP contribution is -2.35. The van der Waals surface area contributed by atoms with Crippen molar-refractivity contribution in [3.05, 3.63) is 42.5 Å². The Labute approximate surface area is 143 Å². The van der Waals surface area contributed by atoms with Crippen molar-refractivity contribution >= 4 is 10.0 Å². The van der Waals surface area contributed by atoms with Crippen molar-refractivity contribution in [2.75, 3.05) is 6.54 Å². The predicted molar refractivity (Wildman–Crippen MR) is 91.6 cm³/mol. The van der Waals surface area contributed by atoms with Gasteiger partial charge >= 0.3 is 0 Å². The topological polar surface area (TPSA) is 68.1 Å². The molecule has 7 heteroatoms. The van der Waals surface area contributed by atoms with Crippen LogP contribution in [-0.4, -0.2) is 34.0 Å². The first-order chi connectivity index (χ1) is 11.6. The molecule has 0 aromatic carbocycles. The van der Waals surface area contributed by atoms with Crippen molar-refractivity contribution in [3.8, 4) is 0 Å². The lowest BCUT2D eigenvalue weighted by molar-refractivity contribution is 0.275. The van der Waals surface area contributed by atoms with Gasteiger partial charge in [0.25, 0.3) is 0 Å². The quantitative estimate of drug-likeness (QED) is 0.805. The number of sulfonamides is 1. The number of hydrogen-bond acceptors (Lipinski definition) is 4. The summed E-state index contributed by atoms with van der Waals surface area (Å²) in [4.78, 5) is 4.27. The standard InChI is InChI=1S/C17H24N4O2S/c1-20-14-17(11-19-20)24(22,23)21(12-15-5-3-2-4-6-15)13-16-7-9-18-10-8-16/h7-11,14-15H,2-6,12-13H2,1H3. The molecule has 130 valence electrons. The summed E-state index contributed by atoms with van der Waals surface area (Å²) in [5, 5.41) is 4.02. The second kappa shape index (κ2) is 7.44. The van der Waals surface area contributed by atoms with Gasteiger partial charge in [-0.25, -0.2) is 8.42 Å². The first kappa shape index (κ1) is 17.1. The molecule has 0 spiro atoms. The molecule has 1 aliphatic carbocycles. The molecule has 1 saturated carbocycles. The monoisotopic (exact) mass is 348 g/mol. The average Bonchev–Trinajstić information content (AvgIpc) is 3.03. The molecule has 1 fully saturated rings. The van der Waals surface area contributed by atoms with Crippen molar-refractivity contribution in [2.24, 2.45) is 13.0 Å². The van der Waals surface area contributed by atoms with Gasteiger partial charge in [0.2, 0.25) is 10.0 Å². The van der Waals surface area contributed by atoms with E-state index in [-0.39, 0.29) is 4.90 Å². The predicted octanol–water partition coefficient (Wildman–Crippen LogP) is 2.59. The van der Waals surface area contributed by atoms with Crippen LogP contribution in [0.1, 0.15) is 37.7 Å². The van der Waals surface area contributed by atoms with Crippen molar-refractivity contribution < 1.29 is 8.42 Å². The van der Waals surface area contributed by atoms with E-state index < -0.39 is 10.0 Å². The van der Waals surface area contributed by atoms with Gasteiger partial charge in [0.15, 0.2) is 0 Å². The van der Waals surface area contributed by atoms with E-state index in [0.29, 0.717) is 19.0 Å². The Kier molecular flexibility index (Phi) is 5.30. The number of aromatic nitrogens is 3. The summed E-state index contributed by atoms with van der Waals surface area (Å²) in [5.74, 6) is 0.437. The van der Waals surface area contributed by atoms with Crippen LogP contribution in [0.3, 0.4) is 0 Å². The summed E-state index contributed by atoms with van der Waals surface area (Å²) in [6.07, 6.45) is 12.3. The molecule has 0 radical (unpaired) electrons. The van der Waals surface area contributed by atoms with Crippen molar-refractivity contribution in [1.29, 1.82) is 0 Å². The minimum atomic E-state index is -3.55. The molecule has 1 aliphatic rings. The van der Waals surface area contributed by atoms with E-state index in [4.69, 9.17) is 0 Å². The highest BCUT2D eigenvalue weighted by molar-refractivity contribution is 7.89. The molecule has 0 bridgehead atoms. The van der Waals surface area contributed by atoms with Gasteiger partial charge in [0.05, 0.1) is 6.20 Å². The maximum atomic E-state index is 13.1. The molecule has 2 aromatic rings. The molecule has 0 aliphatic heterocycles. The number of aryl methyl sites for hydroxylation is 1. The molecule has 0 atom stereocenters. The molecule has 2 heterocycles. The van der Waals surface area contributed by atoms with Crippen LogP contribution < -0.4 is 0 Å². The van der Waals surface area contributed by atoms with Gasteiger partial charge in [0.1, 0.15) is 4.90 Å². The lowest BCUT2D eigenvalue weighted by Gasteiger charge is -2.29. The van der Waals surface area contributed by atoms with Crippen LogP contribution in [-0.2, 0) is 23.6 Å². The molecule has 2 aromatic heterocycles. The Morgan fingerprint density at radius 3 is 2.54 bits per heavy atom. The Bertz CT molecular complexity index is 752. The van der Waals surface area contributed by atoms with Crippen LogP contribution in [0.15, 0.2) is 41.8 Å². The van der Waals surface area contributed by atoms with Crippen LogP contribution in [0.25, 0.3) is 0 Å². The Balaban J connectivity index is 1.85. The third kappa shape index (κ3) is 4.02. The third-order valence-corrected chi connectivity index (χ3v) is 6.38. The number of rotatable bonds is 6. The Hall–Kier alpha value is -1.73. The molecule has 3 rings (SSSR count). The second-order valence-corrected chi connectivity index (χ2v) is 8.44. The van der Waals surface area contributed by atoms with Gasteiger partial charge in [0, 0.05) is 38.7 Å². The van der Waals surface area contributed by atoms with E-state index in [1.165, 1.54) is 30.1 Å². The van der Waals surface area contributed by atoms with Crippen LogP contribution in [0, 0.1) is 5.92 Å². The summed E-state index contributed by atoms with van der Waals surface area (Å²) in [7, 11) is -1.82. The summed E-state index contributed by atoms with van der Waals surface area (Å²) in [5.41, 5.74) is 0.952. The van der Waals surface area contributed by atoms with E-state index in [0.717, 1.165) is 18.4 Å². The van der Waals surface area contributed by atoms with Crippen LogP contribution >= 0.6 is 0 Å². The normalized spacial score (nSPS) is 16.6. The molecule has 6 nitrogen and oxygen atoms in total. The molecular weight excluding hydrogens is 324 g/mol. The van der Waals surface area contributed by atoms with E-state index in [1.54, 1.807) is 29.9 Å². The number of hydrogen-bond donors (Lipinski definition) is 0. The van der Waals surface area contributed by atoms with Gasteiger partial charge in [-0.05, 0) is 36.5 Å². The SMILES string of the molecule is Cn1cc(S(=O)(=O)N(Cc2ccncc2)CC2CCCCC2)cn1. The Morgan fingerprint density at radius 2 is 1.92 bits per heavy atom. The van der Waals surface area contributed by atoms with Gasteiger partial charge < -0.3 is 0 Å². The van der Waals surface area contributed by atoms with Crippen LogP contribution in [0.2, 0.25) is 0 Å². The fourth-order valence-corrected chi connectivity index (χ4v) is 4.77. The zero-order valence-corrected chi connectivity index (χ0v) is 14.8. The van der Waals surface area contributed by atoms with E-state index in [9.17, 15) is 8.42 Å². The highest BCUT2D eigenvalue weighted by atomic mass is 32.2. The highest BCUT2D eigenvalue weighted by Gasteiger charge is 2.29. The fourth-order valence-electron chi connectivity index (χ4n) is 3.28. The highest BCUT2D eigenvalue weighted by Crippen LogP contribution is 2.27. The smallest absolute Gasteiger partial charge is 0.246 e. The summed E-state index contributed by atoms with van der Waals surface area (Å²) < 4.78 is 29.3. The Morgan fingerprint density at radius 1 is 1.21 bits per heavy atom. The van der Waals surface area contributed by atoms with Crippen LogP contribution in [0.5, 0.6) is 0 Å². The third-order valence-electron chi connectivity index (χ3n) is 4.61. The van der Waals surface area contributed by atoms with E-state index in [2.05, 4.69) is 10.1 Å². The first-order valence-electron chi connectivity index (χ1n) is 8.43. The largest absolute Gasteiger partial charge is 0.274 e. The molecule has 0 N–H and O–H groups in total. The summed E-state index contributed by atoms with van der Waals surface area (Å²) >= 11 is 0. The van der Waals surface area contributed by atoms with Gasteiger partial charge in [-0.2, -0.15) is 9.40 Å². The lowest BCUT2D eigenvalue weighted by atomic mass is 9.89. The van der Waals surface area contributed by atoms with Gasteiger partial charge in [-0.3, -0.25) is 9.67 Å². The summed E-state index contributed by atoms with van der Waals surface area (Å²) in [6, 6.07) is 3.74. The minimum absolute atomic E-state index is 0.259. The van der Waals surface area contributed by atoms with Crippen molar-refractivity contribution in [1.82, 2.24) is 19.1 Å². The average molecular weight is 348 g/mol. The first-order valence-corrected chi connectivity index (χ1v) is 9.87. The van der Waals surface area contributed by atoms with Crippen molar-refractivity contribution in [2.45, 2.75) is 43.5 Å². The fraction of sp³-hybridized carbons (Fsp3) is 0.529. The van der Waals surface area contributed by atoms with Crippen LogP contribution in [0.4, 0.5) is 0 Å². The maximum absolute atomic E-state index is 13.1. The van der Waals surface area contributed by atoms with Gasteiger partial charge in [-0.15, -0.1) is 0 Å². The molecular formula is C17H24N4O2S.